The number of ether oxygens (including phenoxy) is 1. The molecule has 1 unspecified atom stereocenters. The van der Waals surface area contributed by atoms with E-state index < -0.39 is 7.82 Å². The third-order valence-electron chi connectivity index (χ3n) is 3.89. The maximum absolute atomic E-state index is 13.1. The molecular formula is C20H29O5P. The van der Waals surface area contributed by atoms with Crippen LogP contribution in [0, 0.1) is 0 Å². The molecule has 0 radical (unpaired) electrons. The van der Waals surface area contributed by atoms with Crippen molar-refractivity contribution in [3.8, 4) is 5.75 Å². The van der Waals surface area contributed by atoms with E-state index in [4.69, 9.17) is 18.3 Å². The second-order valence-corrected chi connectivity index (χ2v) is 7.53. The lowest BCUT2D eigenvalue weighted by Gasteiger charge is -2.19. The predicted octanol–water partition coefficient (Wildman–Crippen LogP) is 5.98. The Hall–Kier alpha value is -1.39. The van der Waals surface area contributed by atoms with Gasteiger partial charge in [-0.05, 0) is 24.8 Å². The average Bonchev–Trinajstić information content (AvgIpc) is 2.66. The van der Waals surface area contributed by atoms with Gasteiger partial charge in [0, 0.05) is 12.0 Å². The van der Waals surface area contributed by atoms with Gasteiger partial charge >= 0.3 is 7.82 Å². The Bertz CT molecular complexity index is 698. The van der Waals surface area contributed by atoms with Crippen LogP contribution in [-0.2, 0) is 18.3 Å². The van der Waals surface area contributed by atoms with Crippen molar-refractivity contribution in [2.24, 2.45) is 0 Å². The van der Waals surface area contributed by atoms with Crippen molar-refractivity contribution in [1.29, 1.82) is 0 Å². The van der Waals surface area contributed by atoms with Crippen LogP contribution in [0.4, 0.5) is 0 Å². The Kier molecular flexibility index (Phi) is 9.13. The molecule has 6 heteroatoms. The van der Waals surface area contributed by atoms with Crippen LogP contribution in [0.25, 0.3) is 10.8 Å². The monoisotopic (exact) mass is 380 g/mol. The van der Waals surface area contributed by atoms with Crippen LogP contribution >= 0.6 is 7.82 Å². The summed E-state index contributed by atoms with van der Waals surface area (Å²) in [6.07, 6.45) is 4.12. The van der Waals surface area contributed by atoms with Crippen LogP contribution in [0.1, 0.15) is 39.5 Å². The molecule has 1 atom stereocenters. The van der Waals surface area contributed by atoms with Gasteiger partial charge in [0.1, 0.15) is 5.75 Å². The molecule has 2 aromatic rings. The molecule has 0 spiro atoms. The van der Waals surface area contributed by atoms with E-state index in [1.54, 1.807) is 6.07 Å². The molecule has 26 heavy (non-hydrogen) atoms. The molecule has 0 heterocycles. The normalized spacial score (nSPS) is 13.6. The summed E-state index contributed by atoms with van der Waals surface area (Å²) in [5.74, 6) is 0.497. The average molecular weight is 380 g/mol. The molecule has 0 bridgehead atoms. The molecule has 144 valence electrons. The van der Waals surface area contributed by atoms with Gasteiger partial charge in [-0.3, -0.25) is 9.05 Å². The molecule has 0 aliphatic carbocycles. The third-order valence-corrected chi connectivity index (χ3v) is 5.31. The van der Waals surface area contributed by atoms with Crippen LogP contribution < -0.4 is 4.52 Å². The van der Waals surface area contributed by atoms with E-state index in [1.807, 2.05) is 43.3 Å². The summed E-state index contributed by atoms with van der Waals surface area (Å²) in [6, 6.07) is 13.4. The topological polar surface area (TPSA) is 54.0 Å². The number of phosphoric acid groups is 1. The van der Waals surface area contributed by atoms with Crippen LogP contribution in [0.15, 0.2) is 42.5 Å². The second kappa shape index (κ2) is 11.3. The van der Waals surface area contributed by atoms with Crippen molar-refractivity contribution in [3.05, 3.63) is 42.5 Å². The van der Waals surface area contributed by atoms with Crippen LogP contribution in [-0.4, -0.2) is 26.4 Å². The first kappa shape index (κ1) is 20.9. The number of fused-ring (bicyclic) bond motifs is 1. The van der Waals surface area contributed by atoms with Crippen LogP contribution in [0.5, 0.6) is 5.75 Å². The fraction of sp³-hybridized carbons (Fsp3) is 0.500. The largest absolute Gasteiger partial charge is 0.530 e. The van der Waals surface area contributed by atoms with Crippen molar-refractivity contribution < 1.29 is 22.9 Å². The fourth-order valence-electron chi connectivity index (χ4n) is 2.54. The standard InChI is InChI=1S/C20H29O5P/c1-3-5-6-9-15-23-26(21,24-17-16-22-4-2)25-20-14-10-12-18-11-7-8-13-19(18)20/h7-8,10-14H,3-6,9,15-17H2,1-2H3. The molecule has 5 nitrogen and oxygen atoms in total. The first-order valence-corrected chi connectivity index (χ1v) is 10.8. The number of rotatable bonds is 13. The lowest BCUT2D eigenvalue weighted by atomic mass is 10.1. The summed E-state index contributed by atoms with van der Waals surface area (Å²) in [7, 11) is -3.71. The van der Waals surface area contributed by atoms with Gasteiger partial charge in [-0.1, -0.05) is 62.6 Å². The number of unbranched alkanes of at least 4 members (excludes halogenated alkanes) is 3. The van der Waals surface area contributed by atoms with Gasteiger partial charge in [-0.15, -0.1) is 0 Å². The fourth-order valence-corrected chi connectivity index (χ4v) is 3.77. The zero-order valence-corrected chi connectivity index (χ0v) is 16.6. The van der Waals surface area contributed by atoms with Crippen LogP contribution in [0.3, 0.4) is 0 Å². The Morgan fingerprint density at radius 2 is 1.62 bits per heavy atom. The van der Waals surface area contributed by atoms with E-state index >= 15 is 0 Å². The van der Waals surface area contributed by atoms with E-state index in [9.17, 15) is 4.57 Å². The smallest absolute Gasteiger partial charge is 0.403 e. The molecule has 0 saturated heterocycles. The van der Waals surface area contributed by atoms with Gasteiger partial charge in [0.2, 0.25) is 0 Å². The Morgan fingerprint density at radius 3 is 2.42 bits per heavy atom. The van der Waals surface area contributed by atoms with Crippen molar-refractivity contribution in [2.45, 2.75) is 39.5 Å². The lowest BCUT2D eigenvalue weighted by molar-refractivity contribution is 0.0847. The highest BCUT2D eigenvalue weighted by Gasteiger charge is 2.29. The Morgan fingerprint density at radius 1 is 0.846 bits per heavy atom. The zero-order chi connectivity index (χ0) is 18.7. The molecule has 2 aromatic carbocycles. The maximum Gasteiger partial charge on any atom is 0.530 e. The molecule has 0 saturated carbocycles. The first-order chi connectivity index (χ1) is 12.7. The summed E-state index contributed by atoms with van der Waals surface area (Å²) in [4.78, 5) is 0. The van der Waals surface area contributed by atoms with Crippen molar-refractivity contribution in [1.82, 2.24) is 0 Å². The van der Waals surface area contributed by atoms with Gasteiger partial charge in [0.05, 0.1) is 19.8 Å². The van der Waals surface area contributed by atoms with Crippen LogP contribution in [0.2, 0.25) is 0 Å². The lowest BCUT2D eigenvalue weighted by Crippen LogP contribution is -2.09. The number of benzene rings is 2. The van der Waals surface area contributed by atoms with Crippen molar-refractivity contribution in [3.63, 3.8) is 0 Å². The highest BCUT2D eigenvalue weighted by molar-refractivity contribution is 7.48. The van der Waals surface area contributed by atoms with E-state index in [0.717, 1.165) is 36.5 Å². The molecule has 0 aromatic heterocycles. The van der Waals surface area contributed by atoms with E-state index in [2.05, 4.69) is 6.92 Å². The molecule has 0 aliphatic rings. The van der Waals surface area contributed by atoms with Gasteiger partial charge in [0.25, 0.3) is 0 Å². The zero-order valence-electron chi connectivity index (χ0n) is 15.7. The highest BCUT2D eigenvalue weighted by atomic mass is 31.2. The van der Waals surface area contributed by atoms with Gasteiger partial charge in [-0.2, -0.15) is 0 Å². The summed E-state index contributed by atoms with van der Waals surface area (Å²) in [5, 5.41) is 1.88. The highest BCUT2D eigenvalue weighted by Crippen LogP contribution is 2.50. The quantitative estimate of drug-likeness (QED) is 0.316. The first-order valence-electron chi connectivity index (χ1n) is 9.32. The molecule has 0 N–H and O–H groups in total. The molecule has 0 aliphatic heterocycles. The Balaban J connectivity index is 2.07. The molecule has 2 rings (SSSR count). The van der Waals surface area contributed by atoms with Gasteiger partial charge < -0.3 is 9.26 Å². The SMILES string of the molecule is CCCCCCOP(=O)(OCCOCC)Oc1cccc2ccccc12. The molecule has 0 fully saturated rings. The number of phosphoric ester groups is 1. The van der Waals surface area contributed by atoms with Crippen molar-refractivity contribution in [2.75, 3.05) is 26.4 Å². The summed E-state index contributed by atoms with van der Waals surface area (Å²) < 4.78 is 35.1. The molecular weight excluding hydrogens is 351 g/mol. The van der Waals surface area contributed by atoms with Gasteiger partial charge in [0.15, 0.2) is 0 Å². The maximum atomic E-state index is 13.1. The minimum Gasteiger partial charge on any atom is -0.403 e. The Labute approximate surface area is 156 Å². The number of hydrogen-bond donors (Lipinski definition) is 0. The molecule has 0 amide bonds. The van der Waals surface area contributed by atoms with E-state index in [-0.39, 0.29) is 6.61 Å². The minimum absolute atomic E-state index is 0.158. The third kappa shape index (κ3) is 6.73. The van der Waals surface area contributed by atoms with E-state index in [0.29, 0.717) is 25.6 Å². The van der Waals surface area contributed by atoms with Gasteiger partial charge in [-0.25, -0.2) is 4.57 Å². The predicted molar refractivity (Wildman–Crippen MR) is 105 cm³/mol. The van der Waals surface area contributed by atoms with Crippen molar-refractivity contribution >= 4 is 18.6 Å². The number of hydrogen-bond acceptors (Lipinski definition) is 5. The second-order valence-electron chi connectivity index (χ2n) is 5.94. The minimum atomic E-state index is -3.71. The summed E-state index contributed by atoms with van der Waals surface area (Å²) >= 11 is 0. The van der Waals surface area contributed by atoms with E-state index in [1.165, 1.54) is 0 Å². The summed E-state index contributed by atoms with van der Waals surface area (Å²) in [6.45, 7) is 5.47. The summed E-state index contributed by atoms with van der Waals surface area (Å²) in [5.41, 5.74) is 0.